The summed E-state index contributed by atoms with van der Waals surface area (Å²) in [6.45, 7) is 1.50. The summed E-state index contributed by atoms with van der Waals surface area (Å²) in [5.41, 5.74) is 5.85. The molecule has 2 aromatic carbocycles. The Morgan fingerprint density at radius 2 is 1.66 bits per heavy atom. The molecule has 3 rings (SSSR count). The van der Waals surface area contributed by atoms with Crippen molar-refractivity contribution in [1.29, 1.82) is 0 Å². The molecule has 0 aliphatic heterocycles. The van der Waals surface area contributed by atoms with E-state index in [0.717, 1.165) is 5.56 Å². The van der Waals surface area contributed by atoms with Gasteiger partial charge in [0.25, 0.3) is 5.91 Å². The Kier molecular flexibility index (Phi) is 6.50. The minimum absolute atomic E-state index is 0.0365. The molecule has 0 fully saturated rings. The Labute approximate surface area is 169 Å². The van der Waals surface area contributed by atoms with Gasteiger partial charge in [-0.15, -0.1) is 11.3 Å². The lowest BCUT2D eigenvalue weighted by atomic mass is 10.2. The number of carbonyl (C=O) groups excluding carboxylic acids is 2. The third-order valence-corrected chi connectivity index (χ3v) is 4.75. The van der Waals surface area contributed by atoms with Crippen LogP contribution in [0.5, 0.6) is 5.75 Å². The second kappa shape index (κ2) is 9.24. The van der Waals surface area contributed by atoms with E-state index in [-0.39, 0.29) is 12.2 Å². The highest BCUT2D eigenvalue weighted by molar-refractivity contribution is 7.13. The molecule has 0 radical (unpaired) electrons. The Balaban J connectivity index is 1.47. The van der Waals surface area contributed by atoms with Gasteiger partial charge in [-0.3, -0.25) is 20.4 Å². The van der Waals surface area contributed by atoms with E-state index in [0.29, 0.717) is 16.5 Å². The van der Waals surface area contributed by atoms with Gasteiger partial charge in [0.2, 0.25) is 5.91 Å². The first kappa shape index (κ1) is 20.4. The lowest BCUT2D eigenvalue weighted by Crippen LogP contribution is -2.47. The maximum absolute atomic E-state index is 13.0. The zero-order valence-electron chi connectivity index (χ0n) is 15.3. The van der Waals surface area contributed by atoms with Gasteiger partial charge >= 0.3 is 0 Å². The van der Waals surface area contributed by atoms with Crippen molar-refractivity contribution in [1.82, 2.24) is 15.8 Å². The summed E-state index contributed by atoms with van der Waals surface area (Å²) in [4.78, 5) is 28.4. The number of hydrogen-bond acceptors (Lipinski definition) is 5. The number of rotatable bonds is 6. The highest BCUT2D eigenvalue weighted by atomic mass is 32.1. The van der Waals surface area contributed by atoms with Crippen LogP contribution in [-0.4, -0.2) is 22.9 Å². The topological polar surface area (TPSA) is 80.3 Å². The predicted molar refractivity (Wildman–Crippen MR) is 104 cm³/mol. The zero-order valence-corrected chi connectivity index (χ0v) is 16.1. The Bertz CT molecular complexity index is 991. The van der Waals surface area contributed by atoms with Crippen LogP contribution in [0.25, 0.3) is 10.6 Å². The van der Waals surface area contributed by atoms with E-state index in [1.165, 1.54) is 54.7 Å². The summed E-state index contributed by atoms with van der Waals surface area (Å²) in [5.74, 6) is -1.43. The number of carbonyl (C=O) groups is 2. The van der Waals surface area contributed by atoms with Crippen molar-refractivity contribution >= 4 is 23.2 Å². The summed E-state index contributed by atoms with van der Waals surface area (Å²) in [6, 6.07) is 11.1. The molecule has 0 unspecified atom stereocenters. The molecule has 29 heavy (non-hydrogen) atoms. The number of aromatic nitrogens is 1. The first-order valence-corrected chi connectivity index (χ1v) is 9.50. The average Bonchev–Trinajstić information content (AvgIpc) is 3.16. The van der Waals surface area contributed by atoms with Crippen LogP contribution >= 0.6 is 11.3 Å². The Morgan fingerprint density at radius 3 is 2.31 bits per heavy atom. The molecule has 2 amide bonds. The van der Waals surface area contributed by atoms with E-state index in [1.807, 2.05) is 0 Å². The maximum atomic E-state index is 13.0. The zero-order chi connectivity index (χ0) is 20.8. The first-order chi connectivity index (χ1) is 13.9. The van der Waals surface area contributed by atoms with E-state index in [4.69, 9.17) is 4.74 Å². The normalized spacial score (nSPS) is 11.6. The van der Waals surface area contributed by atoms with Gasteiger partial charge in [0.05, 0.1) is 12.1 Å². The highest BCUT2D eigenvalue weighted by Crippen LogP contribution is 2.24. The third kappa shape index (κ3) is 5.82. The molecule has 0 aliphatic rings. The van der Waals surface area contributed by atoms with Crippen molar-refractivity contribution in [3.8, 4) is 16.3 Å². The predicted octanol–water partition coefficient (Wildman–Crippen LogP) is 3.25. The van der Waals surface area contributed by atoms with Crippen LogP contribution in [0.15, 0.2) is 53.9 Å². The molecular weight excluding hydrogens is 400 g/mol. The van der Waals surface area contributed by atoms with Crippen LogP contribution in [0.1, 0.15) is 12.6 Å². The number of amides is 2. The Morgan fingerprint density at radius 1 is 1.03 bits per heavy atom. The van der Waals surface area contributed by atoms with Gasteiger partial charge in [0.15, 0.2) is 6.10 Å². The summed E-state index contributed by atoms with van der Waals surface area (Å²) < 4.78 is 31.3. The fourth-order valence-corrected chi connectivity index (χ4v) is 3.15. The molecule has 0 saturated carbocycles. The largest absolute Gasteiger partial charge is 0.481 e. The molecule has 3 aromatic rings. The van der Waals surface area contributed by atoms with Gasteiger partial charge in [-0.25, -0.2) is 13.8 Å². The molecule has 0 spiro atoms. The van der Waals surface area contributed by atoms with Crippen molar-refractivity contribution in [3.63, 3.8) is 0 Å². The molecule has 2 N–H and O–H groups in total. The maximum Gasteiger partial charge on any atom is 0.279 e. The Hall–Kier alpha value is -3.33. The second-order valence-corrected chi connectivity index (χ2v) is 6.94. The van der Waals surface area contributed by atoms with Crippen LogP contribution in [0, 0.1) is 11.6 Å². The van der Waals surface area contributed by atoms with Crippen LogP contribution in [0.3, 0.4) is 0 Å². The van der Waals surface area contributed by atoms with Crippen molar-refractivity contribution in [2.45, 2.75) is 19.4 Å². The number of hydrogen-bond donors (Lipinski definition) is 2. The van der Waals surface area contributed by atoms with Crippen molar-refractivity contribution < 1.29 is 23.1 Å². The summed E-state index contributed by atoms with van der Waals surface area (Å²) >= 11 is 1.33. The van der Waals surface area contributed by atoms with Gasteiger partial charge in [-0.2, -0.15) is 0 Å². The fourth-order valence-electron chi connectivity index (χ4n) is 2.33. The summed E-state index contributed by atoms with van der Waals surface area (Å²) in [5, 5.41) is 2.39. The van der Waals surface area contributed by atoms with Crippen LogP contribution in [-0.2, 0) is 16.0 Å². The summed E-state index contributed by atoms with van der Waals surface area (Å²) in [6.07, 6.45) is -0.935. The van der Waals surface area contributed by atoms with E-state index in [2.05, 4.69) is 15.8 Å². The molecule has 1 heterocycles. The van der Waals surface area contributed by atoms with E-state index in [1.54, 1.807) is 17.5 Å². The van der Waals surface area contributed by atoms with Crippen LogP contribution in [0.2, 0.25) is 0 Å². The van der Waals surface area contributed by atoms with Gasteiger partial charge in [0, 0.05) is 10.9 Å². The smallest absolute Gasteiger partial charge is 0.279 e. The first-order valence-electron chi connectivity index (χ1n) is 8.62. The third-order valence-electron chi connectivity index (χ3n) is 3.81. The molecule has 9 heteroatoms. The van der Waals surface area contributed by atoms with Gasteiger partial charge in [0.1, 0.15) is 22.4 Å². The second-order valence-electron chi connectivity index (χ2n) is 6.08. The van der Waals surface area contributed by atoms with Gasteiger partial charge in [-0.05, 0) is 55.5 Å². The molecule has 0 saturated heterocycles. The van der Waals surface area contributed by atoms with E-state index in [9.17, 15) is 18.4 Å². The quantitative estimate of drug-likeness (QED) is 0.604. The standard InChI is InChI=1S/C20H17F2N3O3S/c1-12(28-17-8-6-15(22)7-9-17)19(27)25-24-18(26)10-16-11-29-20(23-16)13-2-4-14(21)5-3-13/h2-9,11-12H,10H2,1H3,(H,24,26)(H,25,27)/t12-/m0/s1. The van der Waals surface area contributed by atoms with Gasteiger partial charge < -0.3 is 4.74 Å². The van der Waals surface area contributed by atoms with Crippen LogP contribution < -0.4 is 15.6 Å². The number of halogens is 2. The number of benzene rings is 2. The number of thiazole rings is 1. The molecule has 6 nitrogen and oxygen atoms in total. The molecule has 150 valence electrons. The SMILES string of the molecule is C[C@H](Oc1ccc(F)cc1)C(=O)NNC(=O)Cc1csc(-c2ccc(F)cc2)n1. The number of nitrogens with one attached hydrogen (secondary N) is 2. The monoisotopic (exact) mass is 417 g/mol. The highest BCUT2D eigenvalue weighted by Gasteiger charge is 2.16. The molecule has 0 aliphatic carbocycles. The minimum atomic E-state index is -0.898. The van der Waals surface area contributed by atoms with Gasteiger partial charge in [-0.1, -0.05) is 0 Å². The number of hydrazine groups is 1. The molecule has 1 atom stereocenters. The number of ether oxygens (including phenoxy) is 1. The van der Waals surface area contributed by atoms with E-state index >= 15 is 0 Å². The van der Waals surface area contributed by atoms with E-state index < -0.39 is 23.7 Å². The van der Waals surface area contributed by atoms with Crippen molar-refractivity contribution in [2.75, 3.05) is 0 Å². The van der Waals surface area contributed by atoms with Crippen molar-refractivity contribution in [3.05, 3.63) is 71.2 Å². The van der Waals surface area contributed by atoms with Crippen molar-refractivity contribution in [2.24, 2.45) is 0 Å². The molecular formula is C20H17F2N3O3S. The molecule has 1 aromatic heterocycles. The number of nitrogens with zero attached hydrogens (tertiary/aromatic N) is 1. The minimum Gasteiger partial charge on any atom is -0.481 e. The van der Waals surface area contributed by atoms with Crippen LogP contribution in [0.4, 0.5) is 8.78 Å². The fraction of sp³-hybridized carbons (Fsp3) is 0.150. The molecule has 0 bridgehead atoms. The lowest BCUT2D eigenvalue weighted by molar-refractivity contribution is -0.132. The summed E-state index contributed by atoms with van der Waals surface area (Å²) in [7, 11) is 0. The lowest BCUT2D eigenvalue weighted by Gasteiger charge is -2.15. The average molecular weight is 417 g/mol.